The first-order chi connectivity index (χ1) is 9.24. The Hall–Kier alpha value is -1.62. The summed E-state index contributed by atoms with van der Waals surface area (Å²) < 4.78 is 6.06. The number of nitrogens with zero attached hydrogens (tertiary/aromatic N) is 1. The average molecular weight is 338 g/mol. The lowest BCUT2D eigenvalue weighted by atomic mass is 10.0. The Labute approximate surface area is 126 Å². The summed E-state index contributed by atoms with van der Waals surface area (Å²) in [5.74, 6) is -0.342. The number of halogens is 1. The maximum atomic E-state index is 12.4. The van der Waals surface area contributed by atoms with Crippen LogP contribution in [0.4, 0.5) is 4.79 Å². The Kier molecular flexibility index (Phi) is 3.73. The molecule has 5 heteroatoms. The second kappa shape index (κ2) is 5.05. The van der Waals surface area contributed by atoms with Crippen molar-refractivity contribution < 1.29 is 14.3 Å². The lowest BCUT2D eigenvalue weighted by Crippen LogP contribution is -2.37. The molecule has 0 aromatic heterocycles. The third-order valence-electron chi connectivity index (χ3n) is 2.90. The molecular weight excluding hydrogens is 322 g/mol. The first kappa shape index (κ1) is 14.8. The minimum absolute atomic E-state index is 0.214. The van der Waals surface area contributed by atoms with Crippen LogP contribution in [0.25, 0.3) is 6.08 Å². The minimum Gasteiger partial charge on any atom is -0.443 e. The van der Waals surface area contributed by atoms with Crippen LogP contribution in [0.5, 0.6) is 0 Å². The Balaban J connectivity index is 2.37. The number of imide groups is 1. The van der Waals surface area contributed by atoms with Crippen LogP contribution in [-0.2, 0) is 11.3 Å². The van der Waals surface area contributed by atoms with E-state index in [2.05, 4.69) is 22.5 Å². The topological polar surface area (TPSA) is 46.6 Å². The molecule has 106 valence electrons. The lowest BCUT2D eigenvalue weighted by molar-refractivity contribution is 0.0248. The van der Waals surface area contributed by atoms with Gasteiger partial charge in [-0.15, -0.1) is 0 Å². The molecule has 0 saturated heterocycles. The molecule has 0 fully saturated rings. The zero-order valence-electron chi connectivity index (χ0n) is 11.7. The van der Waals surface area contributed by atoms with E-state index >= 15 is 0 Å². The SMILES string of the molecule is C=Cc1ccc(Br)c2c1C(=O)N(C(=O)OC(C)(C)C)C2. The molecule has 0 aliphatic carbocycles. The molecule has 1 aliphatic heterocycles. The number of ether oxygens (including phenoxy) is 1. The van der Waals surface area contributed by atoms with Crippen LogP contribution in [0.2, 0.25) is 0 Å². The van der Waals surface area contributed by atoms with E-state index in [1.165, 1.54) is 0 Å². The normalized spacial score (nSPS) is 14.2. The summed E-state index contributed by atoms with van der Waals surface area (Å²) in [6.45, 7) is 9.22. The molecule has 20 heavy (non-hydrogen) atoms. The highest BCUT2D eigenvalue weighted by Crippen LogP contribution is 2.33. The van der Waals surface area contributed by atoms with Crippen molar-refractivity contribution >= 4 is 34.0 Å². The summed E-state index contributed by atoms with van der Waals surface area (Å²) in [6, 6.07) is 3.65. The molecule has 0 bridgehead atoms. The van der Waals surface area contributed by atoms with Crippen LogP contribution in [0.15, 0.2) is 23.2 Å². The van der Waals surface area contributed by atoms with E-state index in [4.69, 9.17) is 4.74 Å². The molecule has 0 N–H and O–H groups in total. The first-order valence-corrected chi connectivity index (χ1v) is 7.02. The number of carbonyl (C=O) groups excluding carboxylic acids is 2. The van der Waals surface area contributed by atoms with Gasteiger partial charge in [0.2, 0.25) is 0 Å². The fourth-order valence-corrected chi connectivity index (χ4v) is 2.50. The lowest BCUT2D eigenvalue weighted by Gasteiger charge is -2.23. The quantitative estimate of drug-likeness (QED) is 0.778. The van der Waals surface area contributed by atoms with Crippen LogP contribution in [0.1, 0.15) is 42.3 Å². The molecule has 0 unspecified atom stereocenters. The fourth-order valence-electron chi connectivity index (χ4n) is 2.05. The maximum Gasteiger partial charge on any atom is 0.417 e. The van der Waals surface area contributed by atoms with E-state index in [9.17, 15) is 9.59 Å². The second-order valence-electron chi connectivity index (χ2n) is 5.57. The molecule has 4 nitrogen and oxygen atoms in total. The van der Waals surface area contributed by atoms with Gasteiger partial charge in [0.05, 0.1) is 12.1 Å². The van der Waals surface area contributed by atoms with Gasteiger partial charge in [-0.3, -0.25) is 4.79 Å². The van der Waals surface area contributed by atoms with Gasteiger partial charge in [-0.05, 0) is 38.0 Å². The number of fused-ring (bicyclic) bond motifs is 1. The van der Waals surface area contributed by atoms with Crippen LogP contribution < -0.4 is 0 Å². The predicted molar refractivity (Wildman–Crippen MR) is 80.3 cm³/mol. The van der Waals surface area contributed by atoms with Crippen molar-refractivity contribution in [2.75, 3.05) is 0 Å². The average Bonchev–Trinajstić information content (AvgIpc) is 2.67. The molecule has 1 aromatic carbocycles. The van der Waals surface area contributed by atoms with Crippen molar-refractivity contribution in [1.29, 1.82) is 0 Å². The van der Waals surface area contributed by atoms with E-state index < -0.39 is 11.7 Å². The van der Waals surface area contributed by atoms with Crippen LogP contribution >= 0.6 is 15.9 Å². The van der Waals surface area contributed by atoms with E-state index in [0.29, 0.717) is 5.56 Å². The van der Waals surface area contributed by atoms with Crippen molar-refractivity contribution in [3.05, 3.63) is 39.9 Å². The monoisotopic (exact) mass is 337 g/mol. The Morgan fingerprint density at radius 3 is 2.65 bits per heavy atom. The van der Waals surface area contributed by atoms with Gasteiger partial charge in [0, 0.05) is 4.47 Å². The van der Waals surface area contributed by atoms with Crippen LogP contribution in [-0.4, -0.2) is 22.5 Å². The smallest absolute Gasteiger partial charge is 0.417 e. The van der Waals surface area contributed by atoms with Crippen molar-refractivity contribution in [2.24, 2.45) is 0 Å². The van der Waals surface area contributed by atoms with Crippen molar-refractivity contribution in [2.45, 2.75) is 32.9 Å². The van der Waals surface area contributed by atoms with E-state index in [0.717, 1.165) is 20.5 Å². The largest absolute Gasteiger partial charge is 0.443 e. The highest BCUT2D eigenvalue weighted by Gasteiger charge is 2.37. The second-order valence-corrected chi connectivity index (χ2v) is 6.42. The predicted octanol–water partition coefficient (Wildman–Crippen LogP) is 3.98. The van der Waals surface area contributed by atoms with Gasteiger partial charge in [-0.2, -0.15) is 0 Å². The van der Waals surface area contributed by atoms with Gasteiger partial charge in [0.15, 0.2) is 0 Å². The van der Waals surface area contributed by atoms with Gasteiger partial charge >= 0.3 is 6.09 Å². The summed E-state index contributed by atoms with van der Waals surface area (Å²) >= 11 is 3.41. The van der Waals surface area contributed by atoms with Crippen LogP contribution in [0, 0.1) is 0 Å². The number of amides is 2. The van der Waals surface area contributed by atoms with Crippen molar-refractivity contribution in [1.82, 2.24) is 4.90 Å². The van der Waals surface area contributed by atoms with Gasteiger partial charge in [0.1, 0.15) is 5.60 Å². The third-order valence-corrected chi connectivity index (χ3v) is 3.64. The van der Waals surface area contributed by atoms with Crippen LogP contribution in [0.3, 0.4) is 0 Å². The van der Waals surface area contributed by atoms with Crippen molar-refractivity contribution in [3.8, 4) is 0 Å². The molecule has 1 aliphatic rings. The van der Waals surface area contributed by atoms with Gasteiger partial charge < -0.3 is 4.74 Å². The summed E-state index contributed by atoms with van der Waals surface area (Å²) in [4.78, 5) is 25.6. The van der Waals surface area contributed by atoms with E-state index in [1.807, 2.05) is 6.07 Å². The molecule has 0 radical (unpaired) electrons. The zero-order chi connectivity index (χ0) is 15.1. The summed E-state index contributed by atoms with van der Waals surface area (Å²) in [5, 5.41) is 0. The van der Waals surface area contributed by atoms with Gasteiger partial charge in [-0.1, -0.05) is 34.7 Å². The zero-order valence-corrected chi connectivity index (χ0v) is 13.3. The number of rotatable bonds is 1. The Morgan fingerprint density at radius 1 is 1.45 bits per heavy atom. The summed E-state index contributed by atoms with van der Waals surface area (Å²) in [5.41, 5.74) is 1.39. The molecule has 1 heterocycles. The summed E-state index contributed by atoms with van der Waals surface area (Å²) in [6.07, 6.45) is 0.988. The van der Waals surface area contributed by atoms with E-state index in [1.54, 1.807) is 32.9 Å². The number of benzene rings is 1. The number of hydrogen-bond donors (Lipinski definition) is 0. The van der Waals surface area contributed by atoms with Gasteiger partial charge in [-0.25, -0.2) is 9.69 Å². The molecular formula is C15H16BrNO3. The minimum atomic E-state index is -0.634. The molecule has 2 rings (SSSR count). The maximum absolute atomic E-state index is 12.4. The Bertz CT molecular complexity index is 602. The highest BCUT2D eigenvalue weighted by atomic mass is 79.9. The molecule has 1 aromatic rings. The van der Waals surface area contributed by atoms with E-state index in [-0.39, 0.29) is 12.5 Å². The molecule has 0 saturated carbocycles. The fraction of sp³-hybridized carbons (Fsp3) is 0.333. The first-order valence-electron chi connectivity index (χ1n) is 6.23. The third kappa shape index (κ3) is 2.63. The van der Waals surface area contributed by atoms with Crippen molar-refractivity contribution in [3.63, 3.8) is 0 Å². The molecule has 0 atom stereocenters. The molecule has 2 amide bonds. The Morgan fingerprint density at radius 2 is 2.10 bits per heavy atom. The summed E-state index contributed by atoms with van der Waals surface area (Å²) in [7, 11) is 0. The standard InChI is InChI=1S/C15H16BrNO3/c1-5-9-6-7-11(16)10-8-17(13(18)12(9)10)14(19)20-15(2,3)4/h5-7H,1,8H2,2-4H3. The molecule has 0 spiro atoms. The number of hydrogen-bond acceptors (Lipinski definition) is 3. The highest BCUT2D eigenvalue weighted by molar-refractivity contribution is 9.10. The number of carbonyl (C=O) groups is 2. The van der Waals surface area contributed by atoms with Gasteiger partial charge in [0.25, 0.3) is 5.91 Å².